The molecular weight excluding hydrogens is 401 g/mol. The fourth-order valence-corrected chi connectivity index (χ4v) is 2.73. The van der Waals surface area contributed by atoms with Crippen molar-refractivity contribution in [2.24, 2.45) is 0 Å². The van der Waals surface area contributed by atoms with Crippen LogP contribution in [0, 0.1) is 5.82 Å². The third-order valence-electron chi connectivity index (χ3n) is 3.43. The summed E-state index contributed by atoms with van der Waals surface area (Å²) >= 11 is 3.16. The number of aromatic nitrogens is 1. The van der Waals surface area contributed by atoms with E-state index in [9.17, 15) is 14.0 Å². The number of carbonyl (C=O) groups is 2. The predicted molar refractivity (Wildman–Crippen MR) is 101 cm³/mol. The first-order chi connectivity index (χ1) is 12.5. The Morgan fingerprint density at radius 1 is 0.885 bits per heavy atom. The highest BCUT2D eigenvalue weighted by Gasteiger charge is 2.10. The van der Waals surface area contributed by atoms with Crippen molar-refractivity contribution in [1.82, 2.24) is 4.98 Å². The summed E-state index contributed by atoms with van der Waals surface area (Å²) in [5, 5.41) is 5.41. The zero-order valence-electron chi connectivity index (χ0n) is 13.4. The predicted octanol–water partition coefficient (Wildman–Crippen LogP) is 4.49. The maximum Gasteiger partial charge on any atom is 0.257 e. The highest BCUT2D eigenvalue weighted by Crippen LogP contribution is 2.19. The number of amides is 2. The minimum Gasteiger partial charge on any atom is -0.322 e. The number of benzene rings is 2. The number of pyridine rings is 1. The minimum absolute atomic E-state index is 0.182. The van der Waals surface area contributed by atoms with Crippen LogP contribution in [0.3, 0.4) is 0 Å². The number of nitrogens with one attached hydrogen (secondary N) is 2. The van der Waals surface area contributed by atoms with E-state index in [0.29, 0.717) is 21.4 Å². The van der Waals surface area contributed by atoms with E-state index in [-0.39, 0.29) is 11.5 Å². The van der Waals surface area contributed by atoms with Crippen molar-refractivity contribution in [1.29, 1.82) is 0 Å². The van der Waals surface area contributed by atoms with Crippen LogP contribution in [-0.4, -0.2) is 16.8 Å². The molecule has 1 aromatic heterocycles. The Kier molecular flexibility index (Phi) is 5.38. The van der Waals surface area contributed by atoms with Gasteiger partial charge in [-0.15, -0.1) is 0 Å². The minimum atomic E-state index is -0.512. The van der Waals surface area contributed by atoms with Gasteiger partial charge in [0.25, 0.3) is 11.8 Å². The van der Waals surface area contributed by atoms with E-state index in [1.54, 1.807) is 42.6 Å². The second kappa shape index (κ2) is 7.88. The van der Waals surface area contributed by atoms with Crippen LogP contribution in [0.15, 0.2) is 71.5 Å². The highest BCUT2D eigenvalue weighted by atomic mass is 79.9. The van der Waals surface area contributed by atoms with Crippen molar-refractivity contribution in [3.8, 4) is 0 Å². The summed E-state index contributed by atoms with van der Waals surface area (Å²) < 4.78 is 13.9. The van der Waals surface area contributed by atoms with Gasteiger partial charge < -0.3 is 10.6 Å². The molecule has 0 aliphatic heterocycles. The van der Waals surface area contributed by atoms with E-state index in [1.807, 2.05) is 0 Å². The summed E-state index contributed by atoms with van der Waals surface area (Å²) in [5.74, 6) is -1.28. The molecule has 0 spiro atoms. The first kappa shape index (κ1) is 17.8. The van der Waals surface area contributed by atoms with E-state index in [4.69, 9.17) is 0 Å². The molecule has 2 aromatic carbocycles. The third kappa shape index (κ3) is 4.52. The normalized spacial score (nSPS) is 10.2. The summed E-state index contributed by atoms with van der Waals surface area (Å²) in [7, 11) is 0. The zero-order valence-corrected chi connectivity index (χ0v) is 15.0. The van der Waals surface area contributed by atoms with E-state index in [2.05, 4.69) is 31.5 Å². The van der Waals surface area contributed by atoms with E-state index in [1.165, 1.54) is 18.3 Å². The molecule has 130 valence electrons. The lowest BCUT2D eigenvalue weighted by atomic mass is 10.2. The van der Waals surface area contributed by atoms with Gasteiger partial charge in [0.15, 0.2) is 0 Å². The van der Waals surface area contributed by atoms with Crippen LogP contribution in [0.4, 0.5) is 15.8 Å². The Morgan fingerprint density at radius 2 is 1.58 bits per heavy atom. The van der Waals surface area contributed by atoms with Crippen LogP contribution < -0.4 is 10.6 Å². The number of anilines is 2. The molecular formula is C19H13BrFN3O2. The maximum atomic E-state index is 13.4. The SMILES string of the molecule is O=C(Nc1cccc(NC(=O)c2cc(F)cc(Br)c2)c1)c1cccnc1. The second-order valence-corrected chi connectivity index (χ2v) is 6.30. The van der Waals surface area contributed by atoms with Gasteiger partial charge in [0.2, 0.25) is 0 Å². The monoisotopic (exact) mass is 413 g/mol. The first-order valence-corrected chi connectivity index (χ1v) is 8.39. The topological polar surface area (TPSA) is 71.1 Å². The smallest absolute Gasteiger partial charge is 0.257 e. The van der Waals surface area contributed by atoms with E-state index in [0.717, 1.165) is 6.07 Å². The molecule has 0 aliphatic carbocycles. The molecule has 0 atom stereocenters. The van der Waals surface area contributed by atoms with Crippen molar-refractivity contribution >= 4 is 39.1 Å². The van der Waals surface area contributed by atoms with Crippen molar-refractivity contribution in [2.45, 2.75) is 0 Å². The fourth-order valence-electron chi connectivity index (χ4n) is 2.26. The van der Waals surface area contributed by atoms with Crippen molar-refractivity contribution in [3.63, 3.8) is 0 Å². The molecule has 0 saturated heterocycles. The lowest BCUT2D eigenvalue weighted by Gasteiger charge is -2.09. The van der Waals surface area contributed by atoms with Gasteiger partial charge in [-0.05, 0) is 48.5 Å². The highest BCUT2D eigenvalue weighted by molar-refractivity contribution is 9.10. The maximum absolute atomic E-state index is 13.4. The number of halogens is 2. The van der Waals surface area contributed by atoms with Crippen LogP contribution in [0.1, 0.15) is 20.7 Å². The Hall–Kier alpha value is -3.06. The summed E-state index contributed by atoms with van der Waals surface area (Å²) in [6, 6.07) is 13.9. The average molecular weight is 414 g/mol. The molecule has 2 N–H and O–H groups in total. The van der Waals surface area contributed by atoms with Gasteiger partial charge >= 0.3 is 0 Å². The molecule has 0 fully saturated rings. The zero-order chi connectivity index (χ0) is 18.5. The van der Waals surface area contributed by atoms with Gasteiger partial charge in [-0.25, -0.2) is 4.39 Å². The molecule has 5 nitrogen and oxygen atoms in total. The Bertz CT molecular complexity index is 944. The molecule has 2 amide bonds. The van der Waals surface area contributed by atoms with Crippen LogP contribution in [0.2, 0.25) is 0 Å². The molecule has 0 saturated carbocycles. The number of hydrogen-bond acceptors (Lipinski definition) is 3. The van der Waals surface area contributed by atoms with E-state index < -0.39 is 11.7 Å². The summed E-state index contributed by atoms with van der Waals surface area (Å²) in [6.45, 7) is 0. The molecule has 0 radical (unpaired) electrons. The fraction of sp³-hybridized carbons (Fsp3) is 0. The molecule has 3 rings (SSSR count). The van der Waals surface area contributed by atoms with Crippen LogP contribution in [0.5, 0.6) is 0 Å². The van der Waals surface area contributed by atoms with Crippen molar-refractivity contribution < 1.29 is 14.0 Å². The molecule has 1 heterocycles. The Labute approximate surface area is 157 Å². The summed E-state index contributed by atoms with van der Waals surface area (Å²) in [6.07, 6.45) is 3.04. The van der Waals surface area contributed by atoms with Gasteiger partial charge in [-0.1, -0.05) is 22.0 Å². The van der Waals surface area contributed by atoms with Gasteiger partial charge in [0, 0.05) is 33.8 Å². The largest absolute Gasteiger partial charge is 0.322 e. The number of nitrogens with zero attached hydrogens (tertiary/aromatic N) is 1. The molecule has 0 bridgehead atoms. The lowest BCUT2D eigenvalue weighted by molar-refractivity contribution is 0.101. The van der Waals surface area contributed by atoms with Gasteiger partial charge in [-0.3, -0.25) is 14.6 Å². The molecule has 0 unspecified atom stereocenters. The Morgan fingerprint density at radius 3 is 2.19 bits per heavy atom. The van der Waals surface area contributed by atoms with Crippen LogP contribution in [0.25, 0.3) is 0 Å². The Balaban J connectivity index is 1.73. The summed E-state index contributed by atoms with van der Waals surface area (Å²) in [5.41, 5.74) is 1.59. The molecule has 0 aliphatic rings. The molecule has 3 aromatic rings. The first-order valence-electron chi connectivity index (χ1n) is 7.60. The van der Waals surface area contributed by atoms with Gasteiger partial charge in [-0.2, -0.15) is 0 Å². The standard InChI is InChI=1S/C19H13BrFN3O2/c20-14-7-13(8-15(21)9-14)19(26)24-17-5-1-4-16(10-17)23-18(25)12-3-2-6-22-11-12/h1-11H,(H,23,25)(H,24,26). The average Bonchev–Trinajstić information content (AvgIpc) is 2.62. The van der Waals surface area contributed by atoms with Crippen molar-refractivity contribution in [3.05, 3.63) is 88.4 Å². The third-order valence-corrected chi connectivity index (χ3v) is 3.88. The number of hydrogen-bond donors (Lipinski definition) is 2. The van der Waals surface area contributed by atoms with Crippen LogP contribution in [-0.2, 0) is 0 Å². The number of carbonyl (C=O) groups excluding carboxylic acids is 2. The van der Waals surface area contributed by atoms with Gasteiger partial charge in [0.05, 0.1) is 5.56 Å². The van der Waals surface area contributed by atoms with Crippen LogP contribution >= 0.6 is 15.9 Å². The second-order valence-electron chi connectivity index (χ2n) is 5.39. The van der Waals surface area contributed by atoms with Crippen molar-refractivity contribution in [2.75, 3.05) is 10.6 Å². The lowest BCUT2D eigenvalue weighted by Crippen LogP contribution is -2.14. The van der Waals surface area contributed by atoms with E-state index >= 15 is 0 Å². The number of rotatable bonds is 4. The quantitative estimate of drug-likeness (QED) is 0.661. The summed E-state index contributed by atoms with van der Waals surface area (Å²) in [4.78, 5) is 28.3. The molecule has 7 heteroatoms. The molecule has 26 heavy (non-hydrogen) atoms. The van der Waals surface area contributed by atoms with Gasteiger partial charge in [0.1, 0.15) is 5.82 Å².